The van der Waals surface area contributed by atoms with Crippen molar-refractivity contribution in [3.8, 4) is 0 Å². The van der Waals surface area contributed by atoms with E-state index in [2.05, 4.69) is 22.9 Å². The van der Waals surface area contributed by atoms with Crippen molar-refractivity contribution in [3.63, 3.8) is 0 Å². The summed E-state index contributed by atoms with van der Waals surface area (Å²) in [6.45, 7) is 8.50. The Morgan fingerprint density at radius 3 is 2.53 bits per heavy atom. The van der Waals surface area contributed by atoms with Gasteiger partial charge in [0, 0.05) is 17.4 Å². The topological polar surface area (TPSA) is 29.5 Å². The summed E-state index contributed by atoms with van der Waals surface area (Å²) >= 11 is 3.55. The molecule has 88 valence electrons. The van der Waals surface area contributed by atoms with E-state index in [0.717, 1.165) is 19.4 Å². The summed E-state index contributed by atoms with van der Waals surface area (Å²) in [7, 11) is 0. The van der Waals surface area contributed by atoms with E-state index in [1.807, 2.05) is 25.7 Å². The van der Waals surface area contributed by atoms with Gasteiger partial charge in [0.25, 0.3) is 0 Å². The lowest BCUT2D eigenvalue weighted by molar-refractivity contribution is 0.0129. The molecule has 0 aromatic heterocycles. The van der Waals surface area contributed by atoms with E-state index < -0.39 is 5.60 Å². The van der Waals surface area contributed by atoms with Gasteiger partial charge in [0.2, 0.25) is 0 Å². The van der Waals surface area contributed by atoms with Crippen molar-refractivity contribution in [2.75, 3.05) is 6.54 Å². The van der Waals surface area contributed by atoms with Crippen LogP contribution in [-0.2, 0) is 4.74 Å². The third kappa shape index (κ3) is 4.01. The third-order valence-corrected chi connectivity index (χ3v) is 3.20. The minimum absolute atomic E-state index is 0.195. The Morgan fingerprint density at radius 1 is 1.40 bits per heavy atom. The molecule has 0 bridgehead atoms. The van der Waals surface area contributed by atoms with E-state index >= 15 is 0 Å². The number of rotatable bonds is 0. The van der Waals surface area contributed by atoms with Gasteiger partial charge in [0.15, 0.2) is 0 Å². The fourth-order valence-corrected chi connectivity index (χ4v) is 2.21. The molecule has 1 aliphatic heterocycles. The maximum Gasteiger partial charge on any atom is 0.410 e. The Balaban J connectivity index is 2.57. The second-order valence-electron chi connectivity index (χ2n) is 5.16. The average Bonchev–Trinajstić information content (AvgIpc) is 2.06. The van der Waals surface area contributed by atoms with E-state index in [4.69, 9.17) is 4.74 Å². The molecule has 2 atom stereocenters. The number of ether oxygens (including phenoxy) is 1. The van der Waals surface area contributed by atoms with Gasteiger partial charge in [-0.2, -0.15) is 0 Å². The van der Waals surface area contributed by atoms with Gasteiger partial charge in [0.1, 0.15) is 5.60 Å². The number of hydrogen-bond acceptors (Lipinski definition) is 2. The van der Waals surface area contributed by atoms with Crippen molar-refractivity contribution in [1.29, 1.82) is 0 Å². The van der Waals surface area contributed by atoms with Gasteiger partial charge < -0.3 is 9.64 Å². The number of carbonyl (C=O) groups excluding carboxylic acids is 1. The predicted octanol–water partition coefficient (Wildman–Crippen LogP) is 3.17. The van der Waals surface area contributed by atoms with Crippen LogP contribution in [0.25, 0.3) is 0 Å². The summed E-state index contributed by atoms with van der Waals surface area (Å²) in [6.07, 6.45) is 1.97. The van der Waals surface area contributed by atoms with Crippen LogP contribution >= 0.6 is 15.9 Å². The first-order chi connectivity index (χ1) is 6.79. The monoisotopic (exact) mass is 277 g/mol. The van der Waals surface area contributed by atoms with Crippen LogP contribution in [0.5, 0.6) is 0 Å². The van der Waals surface area contributed by atoms with Gasteiger partial charge in [-0.1, -0.05) is 15.9 Å². The number of piperidine rings is 1. The highest BCUT2D eigenvalue weighted by Gasteiger charge is 2.30. The lowest BCUT2D eigenvalue weighted by Crippen LogP contribution is -2.47. The standard InChI is InChI=1S/C11H20BrNO2/c1-8-5-6-9(12)7-13(8)10(14)15-11(2,3)4/h8-9H,5-7H2,1-4H3/t8-,9+/m1/s1. The molecule has 3 nitrogen and oxygen atoms in total. The fourth-order valence-electron chi connectivity index (χ4n) is 1.64. The third-order valence-electron chi connectivity index (χ3n) is 2.45. The van der Waals surface area contributed by atoms with Crippen molar-refractivity contribution in [2.45, 2.75) is 57.0 Å². The van der Waals surface area contributed by atoms with Crippen LogP contribution in [0, 0.1) is 0 Å². The highest BCUT2D eigenvalue weighted by molar-refractivity contribution is 9.09. The zero-order valence-corrected chi connectivity index (χ0v) is 11.5. The smallest absolute Gasteiger partial charge is 0.410 e. The number of carbonyl (C=O) groups is 1. The molecular formula is C11H20BrNO2. The summed E-state index contributed by atoms with van der Waals surface area (Å²) in [5.41, 5.74) is -0.407. The molecule has 0 aromatic carbocycles. The maximum absolute atomic E-state index is 11.9. The van der Waals surface area contributed by atoms with Crippen molar-refractivity contribution in [2.24, 2.45) is 0 Å². The zero-order valence-electron chi connectivity index (χ0n) is 9.92. The molecule has 0 N–H and O–H groups in total. The maximum atomic E-state index is 11.9. The zero-order chi connectivity index (χ0) is 11.6. The molecule has 15 heavy (non-hydrogen) atoms. The number of amides is 1. The van der Waals surface area contributed by atoms with E-state index in [-0.39, 0.29) is 12.1 Å². The normalized spacial score (nSPS) is 27.7. The molecule has 1 fully saturated rings. The molecular weight excluding hydrogens is 258 g/mol. The van der Waals surface area contributed by atoms with Gasteiger partial charge in [-0.05, 0) is 40.5 Å². The minimum Gasteiger partial charge on any atom is -0.444 e. The van der Waals surface area contributed by atoms with E-state index in [0.29, 0.717) is 4.83 Å². The van der Waals surface area contributed by atoms with Crippen LogP contribution in [0.2, 0.25) is 0 Å². The quantitative estimate of drug-likeness (QED) is 0.637. The molecule has 1 heterocycles. The number of hydrogen-bond donors (Lipinski definition) is 0. The fraction of sp³-hybridized carbons (Fsp3) is 0.909. The summed E-state index contributed by atoms with van der Waals surface area (Å²) in [4.78, 5) is 14.1. The lowest BCUT2D eigenvalue weighted by Gasteiger charge is -2.36. The van der Waals surface area contributed by atoms with Gasteiger partial charge >= 0.3 is 6.09 Å². The van der Waals surface area contributed by atoms with Crippen LogP contribution in [0.4, 0.5) is 4.79 Å². The highest BCUT2D eigenvalue weighted by atomic mass is 79.9. The SMILES string of the molecule is C[C@@H]1CC[C@H](Br)CN1C(=O)OC(C)(C)C. The molecule has 0 spiro atoms. The summed E-state index contributed by atoms with van der Waals surface area (Å²) in [6, 6.07) is 0.286. The van der Waals surface area contributed by atoms with Crippen LogP contribution in [0.15, 0.2) is 0 Å². The minimum atomic E-state index is -0.407. The van der Waals surface area contributed by atoms with Crippen LogP contribution in [0.1, 0.15) is 40.5 Å². The molecule has 1 amide bonds. The highest BCUT2D eigenvalue weighted by Crippen LogP contribution is 2.23. The molecule has 0 aliphatic carbocycles. The number of halogens is 1. The van der Waals surface area contributed by atoms with E-state index in [9.17, 15) is 4.79 Å². The van der Waals surface area contributed by atoms with Crippen molar-refractivity contribution < 1.29 is 9.53 Å². The van der Waals surface area contributed by atoms with Crippen LogP contribution < -0.4 is 0 Å². The molecule has 4 heteroatoms. The Bertz CT molecular complexity index is 237. The first kappa shape index (κ1) is 12.8. The predicted molar refractivity (Wildman–Crippen MR) is 64.4 cm³/mol. The number of nitrogens with zero attached hydrogens (tertiary/aromatic N) is 1. The lowest BCUT2D eigenvalue weighted by atomic mass is 10.0. The number of alkyl halides is 1. The largest absolute Gasteiger partial charge is 0.444 e. The van der Waals surface area contributed by atoms with Gasteiger partial charge in [-0.15, -0.1) is 0 Å². The number of likely N-dealkylation sites (tertiary alicyclic amines) is 1. The van der Waals surface area contributed by atoms with Crippen molar-refractivity contribution >= 4 is 22.0 Å². The van der Waals surface area contributed by atoms with Gasteiger partial charge in [-0.25, -0.2) is 4.79 Å². The van der Waals surface area contributed by atoms with Crippen molar-refractivity contribution in [3.05, 3.63) is 0 Å². The first-order valence-electron chi connectivity index (χ1n) is 5.43. The summed E-state index contributed by atoms with van der Waals surface area (Å²) in [5.74, 6) is 0. The Morgan fingerprint density at radius 2 is 2.00 bits per heavy atom. The van der Waals surface area contributed by atoms with E-state index in [1.165, 1.54) is 0 Å². The van der Waals surface area contributed by atoms with Crippen LogP contribution in [-0.4, -0.2) is 34.0 Å². The van der Waals surface area contributed by atoms with Gasteiger partial charge in [-0.3, -0.25) is 0 Å². The second kappa shape index (κ2) is 4.73. The Kier molecular flexibility index (Phi) is 4.04. The van der Waals surface area contributed by atoms with E-state index in [1.54, 1.807) is 0 Å². The Hall–Kier alpha value is -0.250. The van der Waals surface area contributed by atoms with Gasteiger partial charge in [0.05, 0.1) is 0 Å². The molecule has 0 radical (unpaired) electrons. The molecule has 1 saturated heterocycles. The molecule has 0 aromatic rings. The summed E-state index contributed by atoms with van der Waals surface area (Å²) in [5, 5.41) is 0. The molecule has 1 aliphatic rings. The van der Waals surface area contributed by atoms with Crippen LogP contribution in [0.3, 0.4) is 0 Å². The molecule has 0 unspecified atom stereocenters. The summed E-state index contributed by atoms with van der Waals surface area (Å²) < 4.78 is 5.36. The molecule has 1 rings (SSSR count). The average molecular weight is 278 g/mol. The second-order valence-corrected chi connectivity index (χ2v) is 6.45. The first-order valence-corrected chi connectivity index (χ1v) is 6.35. The Labute approximate surface area is 100 Å². The van der Waals surface area contributed by atoms with Crippen molar-refractivity contribution in [1.82, 2.24) is 4.90 Å². The molecule has 0 saturated carbocycles.